The molecular formula is C18H20Cl2N2O2S. The van der Waals surface area contributed by atoms with E-state index in [1.807, 2.05) is 12.1 Å². The summed E-state index contributed by atoms with van der Waals surface area (Å²) in [5.74, 6) is 0.212. The lowest BCUT2D eigenvalue weighted by Gasteiger charge is -2.19. The fraction of sp³-hybridized carbons (Fsp3) is 0.333. The van der Waals surface area contributed by atoms with Crippen LogP contribution in [0.15, 0.2) is 47.6 Å². The van der Waals surface area contributed by atoms with Gasteiger partial charge in [-0.2, -0.15) is 4.73 Å². The number of hydrogen-bond acceptors (Lipinski definition) is 3. The Morgan fingerprint density at radius 1 is 1.32 bits per heavy atom. The number of aromatic nitrogens is 1. The molecule has 0 bridgehead atoms. The molecule has 1 aromatic heterocycles. The third-order valence-corrected chi connectivity index (χ3v) is 5.31. The molecule has 0 radical (unpaired) electrons. The highest BCUT2D eigenvalue weighted by atomic mass is 35.5. The Balaban J connectivity index is 1.92. The summed E-state index contributed by atoms with van der Waals surface area (Å²) in [6.07, 6.45) is 3.31. The number of halogens is 2. The number of pyridine rings is 1. The van der Waals surface area contributed by atoms with Crippen LogP contribution in [-0.4, -0.2) is 18.2 Å². The Hall–Kier alpha value is -1.43. The van der Waals surface area contributed by atoms with Gasteiger partial charge in [0.2, 0.25) is 5.91 Å². The Morgan fingerprint density at radius 3 is 2.80 bits per heavy atom. The Labute approximate surface area is 162 Å². The van der Waals surface area contributed by atoms with Crippen LogP contribution >= 0.6 is 35.0 Å². The molecule has 0 aliphatic heterocycles. The standard InChI is InChI=1S/C18H20Cl2N2O2S/c1-2-5-13(15-8-7-14(19)10-16(15)20)11-21-17(23)12-25-18-6-3-4-9-22(18)24/h3-4,6-10,13H,2,5,11-12H2,1H3,(H,21,23). The number of nitrogens with one attached hydrogen (secondary N) is 1. The summed E-state index contributed by atoms with van der Waals surface area (Å²) in [7, 11) is 0. The number of carbonyl (C=O) groups is 1. The van der Waals surface area contributed by atoms with Gasteiger partial charge in [0.25, 0.3) is 5.03 Å². The van der Waals surface area contributed by atoms with Crippen LogP contribution in [0, 0.1) is 5.21 Å². The van der Waals surface area contributed by atoms with Crippen LogP contribution in [0.5, 0.6) is 0 Å². The maximum atomic E-state index is 12.1. The Kier molecular flexibility index (Phi) is 7.88. The molecular weight excluding hydrogens is 379 g/mol. The van der Waals surface area contributed by atoms with Gasteiger partial charge in [-0.25, -0.2) is 0 Å². The van der Waals surface area contributed by atoms with Crippen LogP contribution < -0.4 is 10.0 Å². The zero-order chi connectivity index (χ0) is 18.2. The third kappa shape index (κ3) is 6.10. The van der Waals surface area contributed by atoms with Crippen molar-refractivity contribution in [2.45, 2.75) is 30.7 Å². The van der Waals surface area contributed by atoms with Gasteiger partial charge in [0.1, 0.15) is 0 Å². The van der Waals surface area contributed by atoms with E-state index in [0.717, 1.165) is 23.1 Å². The SMILES string of the molecule is CCCC(CNC(=O)CSc1cccc[n+]1[O-])c1ccc(Cl)cc1Cl. The number of hydrogen-bond donors (Lipinski definition) is 1. The molecule has 0 saturated heterocycles. The number of benzene rings is 1. The van der Waals surface area contributed by atoms with Gasteiger partial charge in [0.15, 0.2) is 6.20 Å². The van der Waals surface area contributed by atoms with Gasteiger partial charge in [-0.15, -0.1) is 0 Å². The number of amides is 1. The second-order valence-electron chi connectivity index (χ2n) is 5.61. The summed E-state index contributed by atoms with van der Waals surface area (Å²) in [5, 5.41) is 16.2. The van der Waals surface area contributed by atoms with Crippen molar-refractivity contribution in [1.29, 1.82) is 0 Å². The maximum absolute atomic E-state index is 12.1. The van der Waals surface area contributed by atoms with Crippen LogP contribution in [0.3, 0.4) is 0 Å². The van der Waals surface area contributed by atoms with Crippen LogP contribution in [0.4, 0.5) is 0 Å². The van der Waals surface area contributed by atoms with E-state index in [1.165, 1.54) is 18.0 Å². The number of nitrogens with zero attached hydrogens (tertiary/aromatic N) is 1. The van der Waals surface area contributed by atoms with E-state index in [2.05, 4.69) is 12.2 Å². The van der Waals surface area contributed by atoms with E-state index in [9.17, 15) is 10.0 Å². The highest BCUT2D eigenvalue weighted by molar-refractivity contribution is 7.99. The van der Waals surface area contributed by atoms with Crippen LogP contribution in [0.25, 0.3) is 0 Å². The fourth-order valence-corrected chi connectivity index (χ4v) is 3.81. The predicted molar refractivity (Wildman–Crippen MR) is 103 cm³/mol. The molecule has 7 heteroatoms. The largest absolute Gasteiger partial charge is 0.618 e. The van der Waals surface area contributed by atoms with Gasteiger partial charge in [0.05, 0.1) is 5.75 Å². The number of carbonyl (C=O) groups excluding carboxylic acids is 1. The van der Waals surface area contributed by atoms with Crippen molar-refractivity contribution in [3.8, 4) is 0 Å². The van der Waals surface area contributed by atoms with Crippen molar-refractivity contribution in [1.82, 2.24) is 5.32 Å². The van der Waals surface area contributed by atoms with Crippen LogP contribution in [0.2, 0.25) is 10.0 Å². The lowest BCUT2D eigenvalue weighted by Crippen LogP contribution is -2.32. The summed E-state index contributed by atoms with van der Waals surface area (Å²) in [6.45, 7) is 2.59. The molecule has 2 rings (SSSR count). The topological polar surface area (TPSA) is 56.0 Å². The molecule has 0 saturated carbocycles. The Morgan fingerprint density at radius 2 is 2.12 bits per heavy atom. The summed E-state index contributed by atoms with van der Waals surface area (Å²) < 4.78 is 0.755. The molecule has 0 aliphatic carbocycles. The van der Waals surface area contributed by atoms with E-state index in [0.29, 0.717) is 21.6 Å². The normalized spacial score (nSPS) is 12.0. The molecule has 1 heterocycles. The van der Waals surface area contributed by atoms with Crippen molar-refractivity contribution in [2.75, 3.05) is 12.3 Å². The van der Waals surface area contributed by atoms with Crippen molar-refractivity contribution in [3.05, 3.63) is 63.4 Å². The average molecular weight is 399 g/mol. The van der Waals surface area contributed by atoms with E-state index in [1.54, 1.807) is 24.3 Å². The fourth-order valence-electron chi connectivity index (χ4n) is 2.50. The van der Waals surface area contributed by atoms with Gasteiger partial charge >= 0.3 is 0 Å². The molecule has 0 spiro atoms. The van der Waals surface area contributed by atoms with Gasteiger partial charge in [-0.05, 0) is 41.9 Å². The lowest BCUT2D eigenvalue weighted by atomic mass is 9.94. The first-order valence-electron chi connectivity index (χ1n) is 8.04. The van der Waals surface area contributed by atoms with E-state index < -0.39 is 0 Å². The van der Waals surface area contributed by atoms with Gasteiger partial charge < -0.3 is 10.5 Å². The molecule has 1 N–H and O–H groups in total. The lowest BCUT2D eigenvalue weighted by molar-refractivity contribution is -0.645. The molecule has 1 unspecified atom stereocenters. The summed E-state index contributed by atoms with van der Waals surface area (Å²) >= 11 is 13.5. The molecule has 1 atom stereocenters. The molecule has 2 aromatic rings. The van der Waals surface area contributed by atoms with Crippen molar-refractivity contribution < 1.29 is 9.52 Å². The molecule has 1 aromatic carbocycles. The molecule has 4 nitrogen and oxygen atoms in total. The second kappa shape index (κ2) is 9.90. The third-order valence-electron chi connectivity index (χ3n) is 3.72. The first-order valence-corrected chi connectivity index (χ1v) is 9.78. The number of rotatable bonds is 8. The highest BCUT2D eigenvalue weighted by Gasteiger charge is 2.16. The first kappa shape index (κ1) is 19.9. The van der Waals surface area contributed by atoms with E-state index in [-0.39, 0.29) is 17.6 Å². The van der Waals surface area contributed by atoms with Crippen LogP contribution in [0.1, 0.15) is 31.2 Å². The minimum absolute atomic E-state index is 0.111. The van der Waals surface area contributed by atoms with Gasteiger partial charge in [-0.3, -0.25) is 4.79 Å². The zero-order valence-electron chi connectivity index (χ0n) is 13.9. The second-order valence-corrected chi connectivity index (χ2v) is 7.45. The molecule has 0 fully saturated rings. The highest BCUT2D eigenvalue weighted by Crippen LogP contribution is 2.30. The zero-order valence-corrected chi connectivity index (χ0v) is 16.2. The average Bonchev–Trinajstić information content (AvgIpc) is 2.58. The molecule has 25 heavy (non-hydrogen) atoms. The minimum atomic E-state index is -0.111. The van der Waals surface area contributed by atoms with E-state index >= 15 is 0 Å². The Bertz CT molecular complexity index is 728. The first-order chi connectivity index (χ1) is 12.0. The summed E-state index contributed by atoms with van der Waals surface area (Å²) in [6, 6.07) is 10.6. The maximum Gasteiger partial charge on any atom is 0.251 e. The predicted octanol–water partition coefficient (Wildman–Crippen LogP) is 4.42. The minimum Gasteiger partial charge on any atom is -0.618 e. The molecule has 134 valence electrons. The van der Waals surface area contributed by atoms with Crippen molar-refractivity contribution in [3.63, 3.8) is 0 Å². The van der Waals surface area contributed by atoms with Crippen molar-refractivity contribution >= 4 is 40.9 Å². The van der Waals surface area contributed by atoms with Crippen LogP contribution in [-0.2, 0) is 4.79 Å². The van der Waals surface area contributed by atoms with Gasteiger partial charge in [-0.1, -0.05) is 42.6 Å². The monoisotopic (exact) mass is 398 g/mol. The number of thioether (sulfide) groups is 1. The molecule has 0 aliphatic rings. The quantitative estimate of drug-likeness (QED) is 0.406. The summed E-state index contributed by atoms with van der Waals surface area (Å²) in [4.78, 5) is 12.1. The summed E-state index contributed by atoms with van der Waals surface area (Å²) in [5.41, 5.74) is 0.987. The molecule has 1 amide bonds. The van der Waals surface area contributed by atoms with Crippen molar-refractivity contribution in [2.24, 2.45) is 0 Å². The van der Waals surface area contributed by atoms with E-state index in [4.69, 9.17) is 23.2 Å². The smallest absolute Gasteiger partial charge is 0.251 e. The van der Waals surface area contributed by atoms with Gasteiger partial charge in [0, 0.05) is 34.6 Å².